The number of carbonyl (C=O) groups excluding carboxylic acids is 1. The van der Waals surface area contributed by atoms with Crippen molar-refractivity contribution in [2.45, 2.75) is 0 Å². The van der Waals surface area contributed by atoms with Gasteiger partial charge in [-0.3, -0.25) is 14.9 Å². The number of hydrogen-bond donors (Lipinski definition) is 3. The number of phenolic OH excluding ortho intramolecular Hbond substituents is 2. The second-order valence-electron chi connectivity index (χ2n) is 3.20. The number of benzene rings is 1. The van der Waals surface area contributed by atoms with Crippen LogP contribution in [0.1, 0.15) is 5.56 Å². The summed E-state index contributed by atoms with van der Waals surface area (Å²) in [6, 6.07) is 3.36. The monoisotopic (exact) mass is 249 g/mol. The molecule has 18 heavy (non-hydrogen) atoms. The number of amides is 1. The molecule has 0 saturated carbocycles. The molecule has 0 fully saturated rings. The molecule has 0 aliphatic rings. The van der Waals surface area contributed by atoms with E-state index in [1.54, 1.807) is 0 Å². The SMILES string of the molecule is N#C/C(=C\c1cc(O)c(O)c([N+](=O)[O-])c1)C(N)=O. The number of nitro groups is 1. The molecular formula is C10H7N3O5. The average molecular weight is 249 g/mol. The van der Waals surface area contributed by atoms with Crippen LogP contribution in [0.2, 0.25) is 0 Å². The molecule has 0 aliphatic carbocycles. The number of nitrogens with two attached hydrogens (primary N) is 1. The van der Waals surface area contributed by atoms with Crippen molar-refractivity contribution in [3.8, 4) is 17.6 Å². The molecule has 8 nitrogen and oxygen atoms in total. The van der Waals surface area contributed by atoms with Crippen molar-refractivity contribution in [3.05, 3.63) is 33.4 Å². The summed E-state index contributed by atoms with van der Waals surface area (Å²) in [7, 11) is 0. The van der Waals surface area contributed by atoms with Crippen LogP contribution in [0.5, 0.6) is 11.5 Å². The number of primary amides is 1. The number of nitrogens with zero attached hydrogens (tertiary/aromatic N) is 2. The van der Waals surface area contributed by atoms with E-state index in [0.717, 1.165) is 18.2 Å². The van der Waals surface area contributed by atoms with E-state index >= 15 is 0 Å². The lowest BCUT2D eigenvalue weighted by molar-refractivity contribution is -0.386. The van der Waals surface area contributed by atoms with Crippen LogP contribution < -0.4 is 5.73 Å². The minimum absolute atomic E-state index is 0.00708. The van der Waals surface area contributed by atoms with Crippen LogP contribution in [0.25, 0.3) is 6.08 Å². The highest BCUT2D eigenvalue weighted by atomic mass is 16.6. The standard InChI is InChI=1S/C10H7N3O5/c11-4-6(10(12)16)1-5-2-7(13(17)18)9(15)8(14)3-5/h1-3,14-15H,(H2,12,16)/b6-1+. The van der Waals surface area contributed by atoms with Gasteiger partial charge in [0.1, 0.15) is 11.6 Å². The minimum Gasteiger partial charge on any atom is -0.504 e. The fraction of sp³-hybridized carbons (Fsp3) is 0. The topological polar surface area (TPSA) is 150 Å². The zero-order valence-electron chi connectivity index (χ0n) is 8.82. The highest BCUT2D eigenvalue weighted by molar-refractivity contribution is 6.00. The second kappa shape index (κ2) is 4.84. The van der Waals surface area contributed by atoms with Crippen LogP contribution >= 0.6 is 0 Å². The molecule has 92 valence electrons. The zero-order chi connectivity index (χ0) is 13.9. The Morgan fingerprint density at radius 3 is 2.56 bits per heavy atom. The van der Waals surface area contributed by atoms with Crippen molar-refractivity contribution in [2.24, 2.45) is 5.73 Å². The quantitative estimate of drug-likeness (QED) is 0.232. The molecule has 1 aromatic rings. The Balaban J connectivity index is 3.41. The third-order valence-corrected chi connectivity index (χ3v) is 1.99. The van der Waals surface area contributed by atoms with Gasteiger partial charge in [0.25, 0.3) is 5.91 Å². The van der Waals surface area contributed by atoms with Gasteiger partial charge in [0, 0.05) is 6.07 Å². The summed E-state index contributed by atoms with van der Waals surface area (Å²) in [6.45, 7) is 0. The summed E-state index contributed by atoms with van der Waals surface area (Å²) >= 11 is 0. The van der Waals surface area contributed by atoms with Gasteiger partial charge in [-0.1, -0.05) is 0 Å². The Bertz CT molecular complexity index is 600. The van der Waals surface area contributed by atoms with E-state index in [4.69, 9.17) is 11.0 Å². The molecule has 1 aromatic carbocycles. The van der Waals surface area contributed by atoms with Crippen LogP contribution in [0.15, 0.2) is 17.7 Å². The smallest absolute Gasteiger partial charge is 0.315 e. The maximum absolute atomic E-state index is 10.8. The van der Waals surface area contributed by atoms with E-state index in [0.29, 0.717) is 0 Å². The summed E-state index contributed by atoms with van der Waals surface area (Å²) in [5, 5.41) is 37.7. The maximum atomic E-state index is 10.8. The Labute approximate surface area is 100 Å². The number of nitriles is 1. The molecule has 0 bridgehead atoms. The zero-order valence-corrected chi connectivity index (χ0v) is 8.82. The van der Waals surface area contributed by atoms with Crippen molar-refractivity contribution in [2.75, 3.05) is 0 Å². The molecule has 0 saturated heterocycles. The first-order valence-electron chi connectivity index (χ1n) is 4.48. The highest BCUT2D eigenvalue weighted by Gasteiger charge is 2.18. The van der Waals surface area contributed by atoms with Crippen molar-refractivity contribution in [3.63, 3.8) is 0 Å². The molecule has 0 unspecified atom stereocenters. The van der Waals surface area contributed by atoms with Crippen LogP contribution in [0, 0.1) is 21.4 Å². The molecule has 4 N–H and O–H groups in total. The summed E-state index contributed by atoms with van der Waals surface area (Å²) in [4.78, 5) is 20.4. The summed E-state index contributed by atoms with van der Waals surface area (Å²) in [6.07, 6.45) is 0.967. The van der Waals surface area contributed by atoms with E-state index in [9.17, 15) is 25.1 Å². The molecule has 0 heterocycles. The maximum Gasteiger partial charge on any atom is 0.315 e. The van der Waals surface area contributed by atoms with Gasteiger partial charge >= 0.3 is 5.69 Å². The molecule has 0 radical (unpaired) electrons. The number of phenols is 2. The van der Waals surface area contributed by atoms with E-state index in [1.807, 2.05) is 0 Å². The predicted molar refractivity (Wildman–Crippen MR) is 59.2 cm³/mol. The van der Waals surface area contributed by atoms with Crippen LogP contribution in [0.4, 0.5) is 5.69 Å². The number of carbonyl (C=O) groups is 1. The summed E-state index contributed by atoms with van der Waals surface area (Å²) in [5.41, 5.74) is 3.70. The lowest BCUT2D eigenvalue weighted by Crippen LogP contribution is -2.12. The van der Waals surface area contributed by atoms with Crippen molar-refractivity contribution in [1.82, 2.24) is 0 Å². The molecule has 0 aromatic heterocycles. The molecule has 0 atom stereocenters. The van der Waals surface area contributed by atoms with Gasteiger partial charge in [0.05, 0.1) is 4.92 Å². The van der Waals surface area contributed by atoms with E-state index in [1.165, 1.54) is 6.07 Å². The average Bonchev–Trinajstić information content (AvgIpc) is 2.29. The first-order chi connectivity index (χ1) is 8.36. The Morgan fingerprint density at radius 2 is 2.11 bits per heavy atom. The normalized spacial score (nSPS) is 10.7. The molecular weight excluding hydrogens is 242 g/mol. The number of hydrogen-bond acceptors (Lipinski definition) is 6. The minimum atomic E-state index is -1.01. The fourth-order valence-corrected chi connectivity index (χ4v) is 1.17. The van der Waals surface area contributed by atoms with Crippen LogP contribution in [0.3, 0.4) is 0 Å². The molecule has 0 aliphatic heterocycles. The molecule has 1 rings (SSSR count). The van der Waals surface area contributed by atoms with Gasteiger partial charge in [-0.05, 0) is 17.7 Å². The highest BCUT2D eigenvalue weighted by Crippen LogP contribution is 2.36. The van der Waals surface area contributed by atoms with Gasteiger partial charge in [-0.15, -0.1) is 0 Å². The molecule has 1 amide bonds. The van der Waals surface area contributed by atoms with Crippen LogP contribution in [-0.4, -0.2) is 21.0 Å². The fourth-order valence-electron chi connectivity index (χ4n) is 1.17. The van der Waals surface area contributed by atoms with E-state index in [-0.39, 0.29) is 5.56 Å². The number of nitro benzene ring substituents is 1. The van der Waals surface area contributed by atoms with Crippen molar-refractivity contribution in [1.29, 1.82) is 5.26 Å². The Morgan fingerprint density at radius 1 is 1.50 bits per heavy atom. The third-order valence-electron chi connectivity index (χ3n) is 1.99. The van der Waals surface area contributed by atoms with Crippen molar-refractivity contribution >= 4 is 17.7 Å². The van der Waals surface area contributed by atoms with Gasteiger partial charge < -0.3 is 15.9 Å². The van der Waals surface area contributed by atoms with Gasteiger partial charge in [0.2, 0.25) is 5.75 Å². The Hall–Kier alpha value is -3.08. The number of aromatic hydroxyl groups is 2. The number of rotatable bonds is 3. The van der Waals surface area contributed by atoms with E-state index in [2.05, 4.69) is 0 Å². The van der Waals surface area contributed by atoms with Gasteiger partial charge in [-0.25, -0.2) is 0 Å². The lowest BCUT2D eigenvalue weighted by Gasteiger charge is -2.01. The van der Waals surface area contributed by atoms with Gasteiger partial charge in [0.15, 0.2) is 5.75 Å². The molecule has 8 heteroatoms. The first kappa shape index (κ1) is 13.0. The largest absolute Gasteiger partial charge is 0.504 e. The van der Waals surface area contributed by atoms with Gasteiger partial charge in [-0.2, -0.15) is 5.26 Å². The summed E-state index contributed by atoms with van der Waals surface area (Å²) < 4.78 is 0. The summed E-state index contributed by atoms with van der Waals surface area (Å²) in [5.74, 6) is -2.64. The predicted octanol–water partition coefficient (Wildman–Crippen LogP) is 0.398. The molecule has 0 spiro atoms. The second-order valence-corrected chi connectivity index (χ2v) is 3.20. The van der Waals surface area contributed by atoms with E-state index < -0.39 is 33.6 Å². The first-order valence-corrected chi connectivity index (χ1v) is 4.48. The Kier molecular flexibility index (Phi) is 3.49. The van der Waals surface area contributed by atoms with Crippen LogP contribution in [-0.2, 0) is 4.79 Å². The van der Waals surface area contributed by atoms with Crippen molar-refractivity contribution < 1.29 is 19.9 Å². The lowest BCUT2D eigenvalue weighted by atomic mass is 10.1. The third kappa shape index (κ3) is 2.53.